The fourth-order valence-electron chi connectivity index (χ4n) is 6.11. The minimum absolute atomic E-state index is 0.0156. The molecule has 4 aliphatic rings. The SMILES string of the molecule is O=C(C1CC(=O)N(c2ccc3c(c2)CCC3)C1)N1CCC(CN2C(=O)c3ccccc3C2=O)CC1. The van der Waals surface area contributed by atoms with Gasteiger partial charge in [-0.3, -0.25) is 24.1 Å². The number of fused-ring (bicyclic) bond motifs is 2. The zero-order valence-corrected chi connectivity index (χ0v) is 19.7. The van der Waals surface area contributed by atoms with Crippen molar-refractivity contribution in [3.63, 3.8) is 0 Å². The fourth-order valence-corrected chi connectivity index (χ4v) is 6.11. The van der Waals surface area contributed by atoms with Gasteiger partial charge in [0.15, 0.2) is 0 Å². The molecule has 1 unspecified atom stereocenters. The Kier molecular flexibility index (Phi) is 5.43. The summed E-state index contributed by atoms with van der Waals surface area (Å²) >= 11 is 0. The van der Waals surface area contributed by atoms with Crippen LogP contribution >= 0.6 is 0 Å². The third-order valence-corrected chi connectivity index (χ3v) is 8.11. The zero-order chi connectivity index (χ0) is 24.1. The third-order valence-electron chi connectivity index (χ3n) is 8.11. The number of aryl methyl sites for hydroxylation is 2. The van der Waals surface area contributed by atoms with Crippen LogP contribution in [0.2, 0.25) is 0 Å². The van der Waals surface area contributed by atoms with E-state index in [0.717, 1.165) is 37.8 Å². The molecule has 7 heteroatoms. The Hall–Kier alpha value is -3.48. The Balaban J connectivity index is 1.05. The van der Waals surface area contributed by atoms with Gasteiger partial charge in [0.1, 0.15) is 0 Å². The van der Waals surface area contributed by atoms with Crippen molar-refractivity contribution in [2.24, 2.45) is 11.8 Å². The number of nitrogens with zero attached hydrogens (tertiary/aromatic N) is 3. The second kappa shape index (κ2) is 8.63. The van der Waals surface area contributed by atoms with Crippen LogP contribution in [0.25, 0.3) is 0 Å². The Morgan fingerprint density at radius 2 is 1.57 bits per heavy atom. The molecule has 35 heavy (non-hydrogen) atoms. The molecule has 0 N–H and O–H groups in total. The molecule has 0 bridgehead atoms. The molecule has 0 spiro atoms. The van der Waals surface area contributed by atoms with Crippen LogP contribution in [0.4, 0.5) is 5.69 Å². The molecular formula is C28H29N3O4. The van der Waals surface area contributed by atoms with Crippen LogP contribution in [0.1, 0.15) is 57.5 Å². The lowest BCUT2D eigenvalue weighted by atomic mass is 9.94. The summed E-state index contributed by atoms with van der Waals surface area (Å²) in [7, 11) is 0. The molecule has 2 aromatic rings. The molecule has 4 amide bonds. The van der Waals surface area contributed by atoms with Crippen LogP contribution < -0.4 is 4.90 Å². The van der Waals surface area contributed by atoms with E-state index in [0.29, 0.717) is 37.3 Å². The van der Waals surface area contributed by atoms with Gasteiger partial charge in [-0.1, -0.05) is 18.2 Å². The Morgan fingerprint density at radius 3 is 2.29 bits per heavy atom. The van der Waals surface area contributed by atoms with E-state index in [4.69, 9.17) is 0 Å². The first-order valence-corrected chi connectivity index (χ1v) is 12.7. The molecule has 1 aliphatic carbocycles. The largest absolute Gasteiger partial charge is 0.342 e. The van der Waals surface area contributed by atoms with E-state index in [-0.39, 0.29) is 41.9 Å². The van der Waals surface area contributed by atoms with E-state index in [2.05, 4.69) is 12.1 Å². The molecule has 3 aliphatic heterocycles. The van der Waals surface area contributed by atoms with E-state index in [1.807, 2.05) is 11.0 Å². The van der Waals surface area contributed by atoms with Gasteiger partial charge in [0.2, 0.25) is 11.8 Å². The highest BCUT2D eigenvalue weighted by molar-refractivity contribution is 6.21. The smallest absolute Gasteiger partial charge is 0.261 e. The average Bonchev–Trinajstić information content (AvgIpc) is 3.57. The predicted octanol–water partition coefficient (Wildman–Crippen LogP) is 3.06. The Labute approximate surface area is 204 Å². The maximum Gasteiger partial charge on any atom is 0.261 e. The standard InChI is InChI=1S/C28H29N3O4/c32-25-15-21(17-30(25)22-9-8-19-4-3-5-20(19)14-22)26(33)29-12-10-18(11-13-29)16-31-27(34)23-6-1-2-7-24(23)28(31)35/h1-2,6-9,14,18,21H,3-5,10-13,15-17H2. The molecule has 2 saturated heterocycles. The van der Waals surface area contributed by atoms with Crippen LogP contribution in [0.5, 0.6) is 0 Å². The van der Waals surface area contributed by atoms with Gasteiger partial charge < -0.3 is 9.80 Å². The number of amides is 4. The van der Waals surface area contributed by atoms with Crippen molar-refractivity contribution >= 4 is 29.3 Å². The van der Waals surface area contributed by atoms with Crippen LogP contribution in [0.15, 0.2) is 42.5 Å². The minimum Gasteiger partial charge on any atom is -0.342 e. The highest BCUT2D eigenvalue weighted by Crippen LogP contribution is 2.32. The number of piperidine rings is 1. The summed E-state index contributed by atoms with van der Waals surface area (Å²) in [5.74, 6) is -0.527. The average molecular weight is 472 g/mol. The molecule has 0 aromatic heterocycles. The fraction of sp³-hybridized carbons (Fsp3) is 0.429. The summed E-state index contributed by atoms with van der Waals surface area (Å²) in [6.45, 7) is 2.01. The summed E-state index contributed by atoms with van der Waals surface area (Å²) in [5, 5.41) is 0. The molecule has 0 saturated carbocycles. The van der Waals surface area contributed by atoms with Gasteiger partial charge in [0, 0.05) is 38.3 Å². The second-order valence-corrected chi connectivity index (χ2v) is 10.2. The van der Waals surface area contributed by atoms with Gasteiger partial charge in [-0.05, 0) is 73.4 Å². The van der Waals surface area contributed by atoms with Gasteiger partial charge in [0.05, 0.1) is 17.0 Å². The number of hydrogen-bond acceptors (Lipinski definition) is 4. The number of imide groups is 1. The van der Waals surface area contributed by atoms with Crippen molar-refractivity contribution in [2.45, 2.75) is 38.5 Å². The Bertz CT molecular complexity index is 1200. The topological polar surface area (TPSA) is 78.0 Å². The van der Waals surface area contributed by atoms with Gasteiger partial charge in [-0.2, -0.15) is 0 Å². The highest BCUT2D eigenvalue weighted by atomic mass is 16.2. The number of carbonyl (C=O) groups is 4. The van der Waals surface area contributed by atoms with E-state index in [1.54, 1.807) is 29.2 Å². The second-order valence-electron chi connectivity index (χ2n) is 10.2. The number of carbonyl (C=O) groups excluding carboxylic acids is 4. The maximum atomic E-state index is 13.2. The molecule has 0 radical (unpaired) electrons. The number of anilines is 1. The van der Waals surface area contributed by atoms with Crippen LogP contribution in [-0.2, 0) is 22.4 Å². The molecular weight excluding hydrogens is 442 g/mol. The summed E-state index contributed by atoms with van der Waals surface area (Å²) in [5.41, 5.74) is 4.56. The Morgan fingerprint density at radius 1 is 0.886 bits per heavy atom. The summed E-state index contributed by atoms with van der Waals surface area (Å²) in [6.07, 6.45) is 5.07. The van der Waals surface area contributed by atoms with Gasteiger partial charge in [-0.15, -0.1) is 0 Å². The predicted molar refractivity (Wildman–Crippen MR) is 130 cm³/mol. The summed E-state index contributed by atoms with van der Waals surface area (Å²) in [6, 6.07) is 13.2. The molecule has 180 valence electrons. The monoisotopic (exact) mass is 471 g/mol. The van der Waals surface area contributed by atoms with Crippen LogP contribution in [0, 0.1) is 11.8 Å². The number of hydrogen-bond donors (Lipinski definition) is 0. The quantitative estimate of drug-likeness (QED) is 0.642. The van der Waals surface area contributed by atoms with Gasteiger partial charge in [-0.25, -0.2) is 0 Å². The van der Waals surface area contributed by atoms with Crippen LogP contribution in [0.3, 0.4) is 0 Å². The van der Waals surface area contributed by atoms with E-state index in [9.17, 15) is 19.2 Å². The minimum atomic E-state index is -0.316. The number of rotatable bonds is 4. The number of benzene rings is 2. The van der Waals surface area contributed by atoms with Crippen LogP contribution in [-0.4, -0.2) is 59.6 Å². The lowest BCUT2D eigenvalue weighted by Crippen LogP contribution is -2.45. The van der Waals surface area contributed by atoms with E-state index < -0.39 is 0 Å². The zero-order valence-electron chi connectivity index (χ0n) is 19.7. The van der Waals surface area contributed by atoms with Crippen molar-refractivity contribution in [3.8, 4) is 0 Å². The van der Waals surface area contributed by atoms with Crippen molar-refractivity contribution in [2.75, 3.05) is 31.1 Å². The molecule has 6 rings (SSSR count). The lowest BCUT2D eigenvalue weighted by Gasteiger charge is -2.34. The first-order valence-electron chi connectivity index (χ1n) is 12.7. The van der Waals surface area contributed by atoms with Crippen molar-refractivity contribution in [1.29, 1.82) is 0 Å². The van der Waals surface area contributed by atoms with E-state index >= 15 is 0 Å². The highest BCUT2D eigenvalue weighted by Gasteiger charge is 2.40. The van der Waals surface area contributed by atoms with Crippen molar-refractivity contribution in [1.82, 2.24) is 9.80 Å². The molecule has 2 fully saturated rings. The number of likely N-dealkylation sites (tertiary alicyclic amines) is 1. The molecule has 1 atom stereocenters. The van der Waals surface area contributed by atoms with Crippen molar-refractivity contribution in [3.05, 3.63) is 64.7 Å². The van der Waals surface area contributed by atoms with Crippen molar-refractivity contribution < 1.29 is 19.2 Å². The molecule has 2 aromatic carbocycles. The maximum absolute atomic E-state index is 13.2. The first-order chi connectivity index (χ1) is 17.0. The first kappa shape index (κ1) is 22.0. The lowest BCUT2D eigenvalue weighted by molar-refractivity contribution is -0.137. The van der Waals surface area contributed by atoms with E-state index in [1.165, 1.54) is 16.0 Å². The van der Waals surface area contributed by atoms with Gasteiger partial charge in [0.25, 0.3) is 11.8 Å². The molecule has 7 nitrogen and oxygen atoms in total. The van der Waals surface area contributed by atoms with Gasteiger partial charge >= 0.3 is 0 Å². The normalized spacial score (nSPS) is 22.2. The summed E-state index contributed by atoms with van der Waals surface area (Å²) < 4.78 is 0. The summed E-state index contributed by atoms with van der Waals surface area (Å²) in [4.78, 5) is 56.3. The third kappa shape index (κ3) is 3.83. The molecule has 3 heterocycles.